The number of nitrogens with zero attached hydrogens (tertiary/aromatic N) is 1. The van der Waals surface area contributed by atoms with Crippen LogP contribution in [0, 0.1) is 41.4 Å². The number of Topliss-reactive ketones (excluding diaryl/α,β-unsaturated/α-hetero) is 1. The Kier molecular flexibility index (Phi) is 15.1. The van der Waals surface area contributed by atoms with E-state index in [1.807, 2.05) is 79.0 Å². The first-order chi connectivity index (χ1) is 39.4. The van der Waals surface area contributed by atoms with Gasteiger partial charge in [-0.15, -0.1) is 0 Å². The molecule has 1 aromatic heterocycles. The number of ether oxygens (including phenoxy) is 5. The Morgan fingerprint density at radius 3 is 2.57 bits per heavy atom. The summed E-state index contributed by atoms with van der Waals surface area (Å²) in [4.78, 5) is 48.7. The summed E-state index contributed by atoms with van der Waals surface area (Å²) < 4.78 is 32.4. The Bertz CT molecular complexity index is 3280. The van der Waals surface area contributed by atoms with Gasteiger partial charge in [0.15, 0.2) is 11.9 Å². The number of benzene rings is 3. The zero-order chi connectivity index (χ0) is 56.4. The number of hydrogen-bond acceptors (Lipinski definition) is 15. The van der Waals surface area contributed by atoms with Crippen molar-refractivity contribution < 1.29 is 68.7 Å². The molecule has 7 N–H and O–H groups in total. The van der Waals surface area contributed by atoms with Gasteiger partial charge in [-0.2, -0.15) is 0 Å². The van der Waals surface area contributed by atoms with Gasteiger partial charge < -0.3 is 64.2 Å². The molecule has 0 amide bonds. The number of allylic oxidation sites excluding steroid dienone is 4. The topological polar surface area (TPSA) is 238 Å². The van der Waals surface area contributed by atoms with Crippen LogP contribution in [0.3, 0.4) is 0 Å². The van der Waals surface area contributed by atoms with Crippen LogP contribution in [-0.2, 0) is 49.7 Å². The fourth-order valence-corrected chi connectivity index (χ4v) is 15.5. The number of methoxy groups -OCH3 is 1. The first-order valence-electron chi connectivity index (χ1n) is 29.0. The number of esters is 1. The molecule has 2 fully saturated rings. The van der Waals surface area contributed by atoms with Crippen LogP contribution in [0.1, 0.15) is 84.7 Å². The summed E-state index contributed by atoms with van der Waals surface area (Å²) in [6, 6.07) is 15.9. The smallest absolute Gasteiger partial charge is 0.375 e. The van der Waals surface area contributed by atoms with E-state index < -0.39 is 83.2 Å². The molecule has 1 saturated carbocycles. The maximum absolute atomic E-state index is 14.9. The maximum Gasteiger partial charge on any atom is 0.375 e. The lowest BCUT2D eigenvalue weighted by Gasteiger charge is -2.62. The molecule has 0 radical (unpaired) electrons. The highest BCUT2D eigenvalue weighted by molar-refractivity contribution is 6.11. The zero-order valence-electron chi connectivity index (χ0n) is 46.1. The van der Waals surface area contributed by atoms with E-state index in [4.69, 9.17) is 23.7 Å². The molecule has 0 unspecified atom stereocenters. The van der Waals surface area contributed by atoms with Crippen LogP contribution in [-0.4, -0.2) is 142 Å². The molecular weight excluding hydrogens is 1030 g/mol. The van der Waals surface area contributed by atoms with Crippen molar-refractivity contribution in [3.8, 4) is 17.2 Å². The third-order valence-corrected chi connectivity index (χ3v) is 19.4. The zero-order valence-corrected chi connectivity index (χ0v) is 46.1. The third kappa shape index (κ3) is 9.16. The largest absolute Gasteiger partial charge is 0.492 e. The van der Waals surface area contributed by atoms with Crippen LogP contribution in [0.25, 0.3) is 16.5 Å². The monoisotopic (exact) mass is 1110 g/mol. The van der Waals surface area contributed by atoms with Crippen molar-refractivity contribution in [3.05, 3.63) is 141 Å². The lowest BCUT2D eigenvalue weighted by atomic mass is 9.48. The number of rotatable bonds is 14. The SMILES string of the molecule is CCOC(=O)C1=C(C=O)/C2=C3\C[C@H](CO)C(=O)[C@H](C3)c3cc4cc[nH]c4cc3CC[C@H](CO)COc3c4c(c(CO)c(c32)O1)O[C@@]1(C=C[C@@H]2[C@@H](CO)C=C[C@](O)(CCc3ccccc3)C3=C[C@H]5CN(CCCOC)CC[C@@H]5[C@]1(O)[C@H]32)C4. The number of aromatic amines is 1. The van der Waals surface area contributed by atoms with E-state index in [1.165, 1.54) is 0 Å². The van der Waals surface area contributed by atoms with E-state index in [1.54, 1.807) is 14.0 Å². The summed E-state index contributed by atoms with van der Waals surface area (Å²) in [6.45, 7) is 2.40. The highest BCUT2D eigenvalue weighted by Crippen LogP contribution is 2.66. The van der Waals surface area contributed by atoms with E-state index in [0.717, 1.165) is 40.6 Å². The number of fused-ring (bicyclic) bond motifs is 10. The minimum atomic E-state index is -1.80. The summed E-state index contributed by atoms with van der Waals surface area (Å²) in [6.07, 6.45) is 15.4. The molecule has 16 nitrogen and oxygen atoms in total. The number of carbonyl (C=O) groups excluding carboxylic acids is 3. The average Bonchev–Trinajstić information content (AvgIpc) is 3.94. The first kappa shape index (κ1) is 55.3. The van der Waals surface area contributed by atoms with Gasteiger partial charge in [0.2, 0.25) is 5.76 Å². The second kappa shape index (κ2) is 22.2. The van der Waals surface area contributed by atoms with E-state index in [-0.39, 0.29) is 96.9 Å². The molecule has 11 atom stereocenters. The third-order valence-electron chi connectivity index (χ3n) is 19.4. The van der Waals surface area contributed by atoms with Crippen molar-refractivity contribution in [2.24, 2.45) is 41.4 Å². The molecule has 8 aliphatic rings. The summed E-state index contributed by atoms with van der Waals surface area (Å²) >= 11 is 0. The van der Waals surface area contributed by atoms with Crippen molar-refractivity contribution in [2.45, 2.75) is 94.0 Å². The highest BCUT2D eigenvalue weighted by atomic mass is 16.6. The molecule has 16 heteroatoms. The molecule has 2 bridgehead atoms. The molecule has 428 valence electrons. The summed E-state index contributed by atoms with van der Waals surface area (Å²) in [5.41, 5.74) is 0.675. The van der Waals surface area contributed by atoms with Crippen molar-refractivity contribution in [1.29, 1.82) is 0 Å². The molecule has 4 aromatic rings. The van der Waals surface area contributed by atoms with Gasteiger partial charge in [0, 0.05) is 105 Å². The summed E-state index contributed by atoms with van der Waals surface area (Å²) in [7, 11) is 1.69. The van der Waals surface area contributed by atoms with Crippen LogP contribution in [0.2, 0.25) is 0 Å². The van der Waals surface area contributed by atoms with Crippen LogP contribution in [0.5, 0.6) is 17.2 Å². The molecule has 81 heavy (non-hydrogen) atoms. The van der Waals surface area contributed by atoms with Crippen LogP contribution < -0.4 is 14.2 Å². The molecule has 4 aliphatic carbocycles. The molecule has 12 rings (SSSR count). The van der Waals surface area contributed by atoms with E-state index >= 15 is 0 Å². The number of likely N-dealkylation sites (tertiary alicyclic amines) is 1. The Balaban J connectivity index is 1.08. The van der Waals surface area contributed by atoms with Gasteiger partial charge in [0.25, 0.3) is 0 Å². The number of aromatic nitrogens is 1. The van der Waals surface area contributed by atoms with Crippen molar-refractivity contribution in [1.82, 2.24) is 9.88 Å². The van der Waals surface area contributed by atoms with E-state index in [0.29, 0.717) is 74.8 Å². The molecule has 1 spiro atoms. The molecular formula is C65H74N2O14. The number of hydrogen-bond donors (Lipinski definition) is 7. The number of aliphatic hydroxyl groups excluding tert-OH is 4. The number of piperidine rings is 1. The van der Waals surface area contributed by atoms with Crippen molar-refractivity contribution in [2.75, 3.05) is 66.4 Å². The molecule has 1 saturated heterocycles. The normalized spacial score (nSPS) is 32.1. The van der Waals surface area contributed by atoms with Gasteiger partial charge in [-0.25, -0.2) is 4.79 Å². The number of aryl methyl sites for hydroxylation is 2. The lowest BCUT2D eigenvalue weighted by molar-refractivity contribution is -0.206. The average molecular weight is 1110 g/mol. The standard InChI is InChI=1S/C65H74N2O14/c1-3-78-62(74)61-49(34-71)54-42-24-44(33-70)57(73)47(26-42)46-25-40-15-20-66-53(40)28-39(46)11-10-38(31-68)36-79-59-48-29-64(81-58(48)50(35-72)60(80-61)55(54)59)19-14-45-41(32-69)13-18-63(75,17-12-37-8-5-4-6-9-37)52-27-43-30-67(21-7-23-77-2)22-16-51(43)65(64,76)56(45)52/h4-6,8-9,13-15,18-20,25,27-28,34,38,41,43-45,47,51,56,66,68-70,72,75-76H,3,7,10-12,16-17,21-24,26,29-33,35-36H2,1-2H3/b54-42-/t38-,41-,43+,44-,45-,47-,51+,56+,63-,64+,65+/m1/s1. The van der Waals surface area contributed by atoms with Crippen LogP contribution >= 0.6 is 0 Å². The van der Waals surface area contributed by atoms with Crippen LogP contribution in [0.4, 0.5) is 0 Å². The number of carbonyl (C=O) groups is 3. The van der Waals surface area contributed by atoms with Gasteiger partial charge >= 0.3 is 5.97 Å². The quantitative estimate of drug-likeness (QED) is 0.0323. The number of H-pyrrole nitrogens is 1. The fourth-order valence-electron chi connectivity index (χ4n) is 15.5. The van der Waals surface area contributed by atoms with Gasteiger partial charge in [-0.05, 0) is 129 Å². The minimum Gasteiger partial charge on any atom is -0.492 e. The van der Waals surface area contributed by atoms with Gasteiger partial charge in [0.05, 0.1) is 43.1 Å². The minimum absolute atomic E-state index is 0.0138. The Morgan fingerprint density at radius 2 is 1.81 bits per heavy atom. The second-order valence-electron chi connectivity index (χ2n) is 23.7. The Hall–Kier alpha value is -6.21. The fraction of sp³-hybridized carbons (Fsp3) is 0.492. The molecule has 5 heterocycles. The molecule has 4 aliphatic heterocycles. The molecule has 3 aromatic carbocycles. The number of aldehydes is 1. The van der Waals surface area contributed by atoms with E-state index in [2.05, 4.69) is 16.0 Å². The number of ketones is 1. The van der Waals surface area contributed by atoms with Crippen LogP contribution in [0.15, 0.2) is 108 Å². The Labute approximate surface area is 471 Å². The predicted molar refractivity (Wildman–Crippen MR) is 300 cm³/mol. The predicted octanol–water partition coefficient (Wildman–Crippen LogP) is 6.17. The highest BCUT2D eigenvalue weighted by Gasteiger charge is 2.71. The maximum atomic E-state index is 14.9. The summed E-state index contributed by atoms with van der Waals surface area (Å²) in [5, 5.41) is 74.6. The number of nitrogens with one attached hydrogen (secondary N) is 1. The Morgan fingerprint density at radius 1 is 0.975 bits per heavy atom. The van der Waals surface area contributed by atoms with Crippen molar-refractivity contribution >= 4 is 34.5 Å². The van der Waals surface area contributed by atoms with Gasteiger partial charge in [-0.1, -0.05) is 60.2 Å². The van der Waals surface area contributed by atoms with Gasteiger partial charge in [0.1, 0.15) is 34.2 Å². The van der Waals surface area contributed by atoms with E-state index in [9.17, 15) is 45.0 Å². The van der Waals surface area contributed by atoms with Gasteiger partial charge in [-0.3, -0.25) is 9.59 Å². The van der Waals surface area contributed by atoms with Crippen molar-refractivity contribution in [3.63, 3.8) is 0 Å². The second-order valence-corrected chi connectivity index (χ2v) is 23.7. The summed E-state index contributed by atoms with van der Waals surface area (Å²) in [5.74, 6) is -5.92. The number of aliphatic hydroxyl groups is 6. The first-order valence-corrected chi connectivity index (χ1v) is 29.0. The lowest BCUT2D eigenvalue weighted by Crippen LogP contribution is -2.72.